The minimum atomic E-state index is -4.33. The minimum absolute atomic E-state index is 0.0338. The number of hydrogen-bond acceptors (Lipinski definition) is 7. The Kier molecular flexibility index (Phi) is 28.5. The Morgan fingerprint density at radius 3 is 1.44 bits per heavy atom. The number of nitrogens with zero attached hydrogens (tertiary/aromatic N) is 1. The van der Waals surface area contributed by atoms with Crippen LogP contribution in [-0.2, 0) is 32.7 Å². The second-order valence-corrected chi connectivity index (χ2v) is 15.0. The molecule has 2 unspecified atom stereocenters. The van der Waals surface area contributed by atoms with Gasteiger partial charge in [0.05, 0.1) is 27.7 Å². The number of ether oxygens (including phenoxy) is 2. The van der Waals surface area contributed by atoms with Crippen molar-refractivity contribution in [3.8, 4) is 0 Å². The summed E-state index contributed by atoms with van der Waals surface area (Å²) in [5.74, 6) is -0.889. The molecule has 0 aliphatic rings. The summed E-state index contributed by atoms with van der Waals surface area (Å²) in [6, 6.07) is 0. The maximum atomic E-state index is 12.4. The molecule has 0 fully saturated rings. The largest absolute Gasteiger partial charge is 0.472 e. The van der Waals surface area contributed by atoms with Gasteiger partial charge in [0, 0.05) is 12.8 Å². The van der Waals surface area contributed by atoms with Crippen LogP contribution in [0.15, 0.2) is 0 Å². The molecule has 0 bridgehead atoms. The molecule has 0 aromatic carbocycles. The third-order valence-corrected chi connectivity index (χ3v) is 8.93. The minimum Gasteiger partial charge on any atom is -0.462 e. The third-order valence-electron chi connectivity index (χ3n) is 7.94. The van der Waals surface area contributed by atoms with E-state index in [1.807, 2.05) is 21.1 Å². The predicted molar refractivity (Wildman–Crippen MR) is 183 cm³/mol. The van der Waals surface area contributed by atoms with Gasteiger partial charge in [-0.3, -0.25) is 18.6 Å². The first-order chi connectivity index (χ1) is 21.5. The van der Waals surface area contributed by atoms with E-state index in [0.29, 0.717) is 17.4 Å². The predicted octanol–water partition coefficient (Wildman–Crippen LogP) is 9.29. The van der Waals surface area contributed by atoms with Gasteiger partial charge in [-0.1, -0.05) is 142 Å². The molecule has 0 saturated heterocycles. The Labute approximate surface area is 276 Å². The standard InChI is InChI=1S/C35H70NO8P/c1-6-8-9-10-11-12-13-14-15-16-17-18-19-20-21-22-23-24-25-26-27-28-35(38)44-33(31-41-34(37)7-2)32-43-45(39,40)42-30-29-36(3,4)5/h33H,6-32H2,1-5H3/p+1. The lowest BCUT2D eigenvalue weighted by molar-refractivity contribution is -0.870. The van der Waals surface area contributed by atoms with Crippen molar-refractivity contribution in [3.63, 3.8) is 0 Å². The molecule has 268 valence electrons. The third kappa shape index (κ3) is 32.7. The summed E-state index contributed by atoms with van der Waals surface area (Å²) in [6.07, 6.45) is 26.8. The number of phosphoric acid groups is 1. The van der Waals surface area contributed by atoms with Gasteiger partial charge in [-0.25, -0.2) is 4.57 Å². The van der Waals surface area contributed by atoms with Crippen molar-refractivity contribution in [2.75, 3.05) is 47.5 Å². The van der Waals surface area contributed by atoms with E-state index in [0.717, 1.165) is 12.8 Å². The van der Waals surface area contributed by atoms with Crippen molar-refractivity contribution in [2.45, 2.75) is 168 Å². The first kappa shape index (κ1) is 44.0. The zero-order valence-corrected chi connectivity index (χ0v) is 30.8. The van der Waals surface area contributed by atoms with E-state index in [1.54, 1.807) is 6.92 Å². The number of likely N-dealkylation sites (N-methyl/N-ethyl adjacent to an activating group) is 1. The van der Waals surface area contributed by atoms with Crippen molar-refractivity contribution in [2.24, 2.45) is 0 Å². The maximum absolute atomic E-state index is 12.4. The van der Waals surface area contributed by atoms with Crippen LogP contribution in [0, 0.1) is 0 Å². The summed E-state index contributed by atoms with van der Waals surface area (Å²) in [4.78, 5) is 33.9. The number of carbonyl (C=O) groups excluding carboxylic acids is 2. The Bertz CT molecular complexity index is 758. The Balaban J connectivity index is 3.85. The van der Waals surface area contributed by atoms with Gasteiger partial charge in [0.15, 0.2) is 6.10 Å². The fourth-order valence-electron chi connectivity index (χ4n) is 4.99. The molecule has 0 heterocycles. The van der Waals surface area contributed by atoms with Crippen molar-refractivity contribution < 1.29 is 42.1 Å². The van der Waals surface area contributed by atoms with Gasteiger partial charge in [0.2, 0.25) is 0 Å². The molecule has 0 radical (unpaired) electrons. The van der Waals surface area contributed by atoms with Crippen LogP contribution >= 0.6 is 7.82 Å². The van der Waals surface area contributed by atoms with Gasteiger partial charge in [0.25, 0.3) is 0 Å². The smallest absolute Gasteiger partial charge is 0.462 e. The van der Waals surface area contributed by atoms with Crippen LogP contribution in [0.2, 0.25) is 0 Å². The highest BCUT2D eigenvalue weighted by Gasteiger charge is 2.26. The summed E-state index contributed by atoms with van der Waals surface area (Å²) in [5.41, 5.74) is 0. The highest BCUT2D eigenvalue weighted by molar-refractivity contribution is 7.47. The molecule has 10 heteroatoms. The number of unbranched alkanes of at least 4 members (excludes halogenated alkanes) is 20. The van der Waals surface area contributed by atoms with Gasteiger partial charge in [-0.2, -0.15) is 0 Å². The van der Waals surface area contributed by atoms with Crippen LogP contribution in [-0.4, -0.2) is 74.9 Å². The molecule has 2 atom stereocenters. The lowest BCUT2D eigenvalue weighted by atomic mass is 10.0. The number of hydrogen-bond donors (Lipinski definition) is 1. The van der Waals surface area contributed by atoms with Crippen LogP contribution < -0.4 is 0 Å². The molecule has 1 N–H and O–H groups in total. The van der Waals surface area contributed by atoms with Gasteiger partial charge >= 0.3 is 19.8 Å². The molecule has 45 heavy (non-hydrogen) atoms. The summed E-state index contributed by atoms with van der Waals surface area (Å²) >= 11 is 0. The molecule has 0 aliphatic heterocycles. The summed E-state index contributed by atoms with van der Waals surface area (Å²) in [5, 5.41) is 0. The fraction of sp³-hybridized carbons (Fsp3) is 0.943. The highest BCUT2D eigenvalue weighted by Crippen LogP contribution is 2.43. The van der Waals surface area contributed by atoms with Gasteiger partial charge in [-0.15, -0.1) is 0 Å². The fourth-order valence-corrected chi connectivity index (χ4v) is 5.74. The summed E-state index contributed by atoms with van der Waals surface area (Å²) in [7, 11) is 1.48. The average molecular weight is 665 g/mol. The summed E-state index contributed by atoms with van der Waals surface area (Å²) in [6.45, 7) is 3.84. The van der Waals surface area contributed by atoms with Gasteiger partial charge in [0.1, 0.15) is 19.8 Å². The van der Waals surface area contributed by atoms with E-state index in [4.69, 9.17) is 18.5 Å². The maximum Gasteiger partial charge on any atom is 0.472 e. The number of phosphoric ester groups is 1. The average Bonchev–Trinajstić information content (AvgIpc) is 2.98. The normalized spacial score (nSPS) is 13.8. The van der Waals surface area contributed by atoms with Crippen LogP contribution in [0.4, 0.5) is 0 Å². The first-order valence-corrected chi connectivity index (χ1v) is 19.8. The van der Waals surface area contributed by atoms with Crippen LogP contribution in [0.1, 0.15) is 162 Å². The number of rotatable bonds is 33. The Morgan fingerprint density at radius 2 is 1.04 bits per heavy atom. The molecule has 0 aliphatic carbocycles. The summed E-state index contributed by atoms with van der Waals surface area (Å²) < 4.78 is 33.3. The van der Waals surface area contributed by atoms with E-state index in [-0.39, 0.29) is 26.1 Å². The van der Waals surface area contributed by atoms with Crippen molar-refractivity contribution in [1.82, 2.24) is 0 Å². The molecular weight excluding hydrogens is 593 g/mol. The SMILES string of the molecule is CCCCCCCCCCCCCCCCCCCCCCCC(=O)OC(COC(=O)CC)COP(=O)(O)OCC[N+](C)(C)C. The zero-order chi connectivity index (χ0) is 33.7. The molecule has 0 spiro atoms. The van der Waals surface area contributed by atoms with Gasteiger partial charge < -0.3 is 18.9 Å². The van der Waals surface area contributed by atoms with Crippen molar-refractivity contribution >= 4 is 19.8 Å². The lowest BCUT2D eigenvalue weighted by Gasteiger charge is -2.24. The van der Waals surface area contributed by atoms with Crippen molar-refractivity contribution in [1.29, 1.82) is 0 Å². The van der Waals surface area contributed by atoms with E-state index in [9.17, 15) is 19.0 Å². The Morgan fingerprint density at radius 1 is 0.622 bits per heavy atom. The lowest BCUT2D eigenvalue weighted by Crippen LogP contribution is -2.37. The second kappa shape index (κ2) is 29.2. The Hall–Kier alpha value is -0.990. The quantitative estimate of drug-likeness (QED) is 0.0320. The molecule has 0 aromatic heterocycles. The molecule has 0 amide bonds. The molecule has 0 saturated carbocycles. The second-order valence-electron chi connectivity index (χ2n) is 13.6. The molecule has 0 rings (SSSR count). The molecular formula is C35H71NO8P+. The number of quaternary nitrogens is 1. The molecule has 9 nitrogen and oxygen atoms in total. The van der Waals surface area contributed by atoms with Gasteiger partial charge in [-0.05, 0) is 6.42 Å². The van der Waals surface area contributed by atoms with E-state index in [1.165, 1.54) is 116 Å². The van der Waals surface area contributed by atoms with E-state index in [2.05, 4.69) is 6.92 Å². The first-order valence-electron chi connectivity index (χ1n) is 18.3. The van der Waals surface area contributed by atoms with Crippen LogP contribution in [0.25, 0.3) is 0 Å². The molecule has 0 aromatic rings. The van der Waals surface area contributed by atoms with E-state index >= 15 is 0 Å². The number of esters is 2. The number of carbonyl (C=O) groups is 2. The topological polar surface area (TPSA) is 108 Å². The zero-order valence-electron chi connectivity index (χ0n) is 29.9. The van der Waals surface area contributed by atoms with E-state index < -0.39 is 32.5 Å². The van der Waals surface area contributed by atoms with Crippen LogP contribution in [0.3, 0.4) is 0 Å². The van der Waals surface area contributed by atoms with Crippen LogP contribution in [0.5, 0.6) is 0 Å². The monoisotopic (exact) mass is 664 g/mol. The van der Waals surface area contributed by atoms with Crippen molar-refractivity contribution in [3.05, 3.63) is 0 Å². The highest BCUT2D eigenvalue weighted by atomic mass is 31.2.